The van der Waals surface area contributed by atoms with Crippen molar-refractivity contribution in [2.75, 3.05) is 5.88 Å². The molecule has 11 heavy (non-hydrogen) atoms. The average molecular weight is 215 g/mol. The van der Waals surface area contributed by atoms with Crippen molar-refractivity contribution < 1.29 is 48.5 Å². The summed E-state index contributed by atoms with van der Waals surface area (Å²) in [6.07, 6.45) is 2.37. The molecule has 0 rings (SSSR count). The van der Waals surface area contributed by atoms with E-state index in [4.69, 9.17) is 29.1 Å². The van der Waals surface area contributed by atoms with Crippen molar-refractivity contribution in [2.24, 2.45) is 0 Å². The molecule has 0 aromatic heterocycles. The second kappa shape index (κ2) is 11.2. The van der Waals surface area contributed by atoms with Crippen LogP contribution in [0.4, 0.5) is 0 Å². The third-order valence-electron chi connectivity index (χ3n) is 0.487. The molecule has 0 radical (unpaired) electrons. The summed E-state index contributed by atoms with van der Waals surface area (Å²) in [5.74, 6) is 0.816. The van der Waals surface area contributed by atoms with Crippen molar-refractivity contribution in [3.8, 4) is 0 Å². The second-order valence-electron chi connectivity index (χ2n) is 1.49. The van der Waals surface area contributed by atoms with Gasteiger partial charge in [0.05, 0.1) is 0 Å². The molecule has 0 amide bonds. The van der Waals surface area contributed by atoms with E-state index in [9.17, 15) is 0 Å². The zero-order chi connectivity index (χ0) is 8.62. The fourth-order valence-corrected chi connectivity index (χ4v) is 0.401. The summed E-state index contributed by atoms with van der Waals surface area (Å²) in [6.45, 7) is 2.13. The van der Waals surface area contributed by atoms with Gasteiger partial charge in [-0.2, -0.15) is 8.42 Å². The van der Waals surface area contributed by atoms with Gasteiger partial charge in [-0.15, -0.1) is 11.6 Å². The maximum atomic E-state index is 8.74. The second-order valence-corrected chi connectivity index (χ2v) is 2.76. The van der Waals surface area contributed by atoms with Gasteiger partial charge in [-0.1, -0.05) is 13.3 Å². The molecule has 0 bridgehead atoms. The van der Waals surface area contributed by atoms with Crippen LogP contribution in [0.2, 0.25) is 0 Å². The van der Waals surface area contributed by atoms with E-state index in [0.717, 1.165) is 12.3 Å². The first-order valence-corrected chi connectivity index (χ1v) is 4.60. The summed E-state index contributed by atoms with van der Waals surface area (Å²) < 4.78 is 31.6. The van der Waals surface area contributed by atoms with E-state index in [2.05, 4.69) is 6.92 Å². The van der Waals surface area contributed by atoms with Gasteiger partial charge in [0.25, 0.3) is 0 Å². The van der Waals surface area contributed by atoms with E-state index in [1.807, 2.05) is 0 Å². The van der Waals surface area contributed by atoms with Crippen molar-refractivity contribution in [2.45, 2.75) is 19.8 Å². The van der Waals surface area contributed by atoms with E-state index in [1.165, 1.54) is 6.42 Å². The van der Waals surface area contributed by atoms with Crippen molar-refractivity contribution in [1.82, 2.24) is 0 Å². The van der Waals surface area contributed by atoms with Crippen LogP contribution in [0.25, 0.3) is 0 Å². The van der Waals surface area contributed by atoms with Crippen LogP contribution < -0.4 is 29.6 Å². The first-order valence-electron chi connectivity index (χ1n) is 2.67. The summed E-state index contributed by atoms with van der Waals surface area (Å²) in [7, 11) is -4.67. The van der Waals surface area contributed by atoms with Crippen LogP contribution in [0.3, 0.4) is 0 Å². The Morgan fingerprint density at radius 2 is 1.73 bits per heavy atom. The van der Waals surface area contributed by atoms with Crippen molar-refractivity contribution in [1.29, 1.82) is 0 Å². The summed E-state index contributed by atoms with van der Waals surface area (Å²) >= 11 is 5.30. The van der Waals surface area contributed by atoms with Gasteiger partial charge in [-0.25, -0.2) is 0 Å². The molecule has 7 heteroatoms. The van der Waals surface area contributed by atoms with Gasteiger partial charge in [-0.3, -0.25) is 9.11 Å². The third kappa shape index (κ3) is 93.8. The first kappa shape index (κ1) is 18.0. The number of halogens is 1. The fourth-order valence-electron chi connectivity index (χ4n) is 0.134. The largest absolute Gasteiger partial charge is 1.00 e. The number of hydrogen-bond acceptors (Lipinski definition) is 2. The monoisotopic (exact) mass is 214 g/mol. The Morgan fingerprint density at radius 3 is 1.73 bits per heavy atom. The summed E-state index contributed by atoms with van der Waals surface area (Å²) in [5.41, 5.74) is 0. The number of alkyl halides is 1. The van der Waals surface area contributed by atoms with E-state index in [-0.39, 0.29) is 31.0 Å². The molecule has 0 atom stereocenters. The topological polar surface area (TPSA) is 74.6 Å². The maximum absolute atomic E-state index is 8.74. The minimum Gasteiger partial charge on any atom is -1.00 e. The Morgan fingerprint density at radius 1 is 1.45 bits per heavy atom. The van der Waals surface area contributed by atoms with Gasteiger partial charge < -0.3 is 1.43 Å². The van der Waals surface area contributed by atoms with Crippen LogP contribution in [-0.4, -0.2) is 23.4 Å². The summed E-state index contributed by atoms with van der Waals surface area (Å²) in [4.78, 5) is 0. The molecule has 0 unspecified atom stereocenters. The molecule has 0 aromatic rings. The Bertz CT molecular complexity index is 141. The molecular formula is C4H12ClNaO4S. The van der Waals surface area contributed by atoms with Gasteiger partial charge in [0.15, 0.2) is 0 Å². The molecule has 4 nitrogen and oxygen atoms in total. The predicted molar refractivity (Wildman–Crippen MR) is 40.9 cm³/mol. The van der Waals surface area contributed by atoms with Crippen LogP contribution in [0, 0.1) is 0 Å². The molecule has 0 aliphatic carbocycles. The molecule has 0 aliphatic heterocycles. The smallest absolute Gasteiger partial charge is 1.00 e. The van der Waals surface area contributed by atoms with Gasteiger partial charge in [0.1, 0.15) is 0 Å². The zero-order valence-electron chi connectivity index (χ0n) is 7.62. The maximum Gasteiger partial charge on any atom is 1.00 e. The van der Waals surface area contributed by atoms with Crippen molar-refractivity contribution in [3.63, 3.8) is 0 Å². The average Bonchev–Trinajstić information content (AvgIpc) is 1.63. The molecule has 0 fully saturated rings. The summed E-state index contributed by atoms with van der Waals surface area (Å²) in [6, 6.07) is 0. The molecular weight excluding hydrogens is 203 g/mol. The SMILES string of the molecule is CCCCCl.O=S(=O)(O)O.[H-].[Na+]. The standard InChI is InChI=1S/C4H9Cl.Na.H2O4S.H/c1-2-3-4-5;;1-5(2,3)4;/h2-4H2,1H3;;(H2,1,2,3,4);/q;+1;;-1. The minimum absolute atomic E-state index is 0. The number of hydrogen-bond donors (Lipinski definition) is 2. The quantitative estimate of drug-likeness (QED) is 0.333. The van der Waals surface area contributed by atoms with Crippen LogP contribution >= 0.6 is 11.6 Å². The third-order valence-corrected chi connectivity index (χ3v) is 0.754. The van der Waals surface area contributed by atoms with Gasteiger partial charge >= 0.3 is 40.0 Å². The normalized spacial score (nSPS) is 9.09. The Balaban J connectivity index is -0.0000000457. The Hall–Kier alpha value is 1.16. The molecule has 0 aliphatic rings. The predicted octanol–water partition coefficient (Wildman–Crippen LogP) is -1.51. The molecule has 0 saturated carbocycles. The molecule has 0 spiro atoms. The molecule has 0 heterocycles. The van der Waals surface area contributed by atoms with Crippen LogP contribution in [0.1, 0.15) is 21.2 Å². The van der Waals surface area contributed by atoms with Gasteiger partial charge in [0.2, 0.25) is 0 Å². The molecule has 0 saturated heterocycles. The minimum atomic E-state index is -4.67. The fraction of sp³-hybridized carbons (Fsp3) is 1.00. The van der Waals surface area contributed by atoms with E-state index < -0.39 is 10.4 Å². The number of rotatable bonds is 2. The molecule has 0 aromatic carbocycles. The van der Waals surface area contributed by atoms with E-state index in [1.54, 1.807) is 0 Å². The van der Waals surface area contributed by atoms with E-state index >= 15 is 0 Å². The molecule has 2 N–H and O–H groups in total. The molecule has 66 valence electrons. The van der Waals surface area contributed by atoms with E-state index in [0.29, 0.717) is 0 Å². The Labute approximate surface area is 95.7 Å². The van der Waals surface area contributed by atoms with Crippen molar-refractivity contribution in [3.05, 3.63) is 0 Å². The van der Waals surface area contributed by atoms with Crippen LogP contribution in [0.15, 0.2) is 0 Å². The summed E-state index contributed by atoms with van der Waals surface area (Å²) in [5, 5.41) is 0. The van der Waals surface area contributed by atoms with Gasteiger partial charge in [0, 0.05) is 5.88 Å². The Kier molecular flexibility index (Phi) is 18.3. The van der Waals surface area contributed by atoms with Gasteiger partial charge in [-0.05, 0) is 6.42 Å². The van der Waals surface area contributed by atoms with Crippen LogP contribution in [0.5, 0.6) is 0 Å². The van der Waals surface area contributed by atoms with Crippen LogP contribution in [-0.2, 0) is 10.4 Å². The zero-order valence-corrected chi connectivity index (χ0v) is 10.2. The van der Waals surface area contributed by atoms with Crippen molar-refractivity contribution >= 4 is 22.0 Å². The number of unbranched alkanes of at least 4 members (excludes halogenated alkanes) is 1. The first-order chi connectivity index (χ1) is 4.41.